The number of fused-ring (bicyclic) bond motifs is 1. The Morgan fingerprint density at radius 2 is 1.93 bits per heavy atom. The number of anilines is 1. The van der Waals surface area contributed by atoms with E-state index in [0.717, 1.165) is 41.8 Å². The van der Waals surface area contributed by atoms with Gasteiger partial charge in [0.15, 0.2) is 0 Å². The van der Waals surface area contributed by atoms with Crippen molar-refractivity contribution in [3.63, 3.8) is 0 Å². The second-order valence-corrected chi connectivity index (χ2v) is 7.31. The molecule has 0 spiro atoms. The maximum absolute atomic E-state index is 14.2. The van der Waals surface area contributed by atoms with Gasteiger partial charge < -0.3 is 10.1 Å². The number of nitrogens with zero attached hydrogens (tertiary/aromatic N) is 2. The molecule has 4 rings (SSSR count). The van der Waals surface area contributed by atoms with Gasteiger partial charge in [0.05, 0.1) is 11.8 Å². The first-order valence-corrected chi connectivity index (χ1v) is 9.54. The molecule has 0 bridgehead atoms. The van der Waals surface area contributed by atoms with Crippen LogP contribution in [0.5, 0.6) is 0 Å². The fraction of sp³-hybridized carbons (Fsp3) is 0.364. The second-order valence-electron chi connectivity index (χ2n) is 7.31. The molecule has 4 nitrogen and oxygen atoms in total. The normalized spacial score (nSPS) is 16.4. The van der Waals surface area contributed by atoms with Crippen LogP contribution in [-0.4, -0.2) is 58.8 Å². The summed E-state index contributed by atoms with van der Waals surface area (Å²) < 4.78 is 19.9. The molecule has 2 aromatic carbocycles. The first kappa shape index (κ1) is 21.2. The Kier molecular flexibility index (Phi) is 7.05. The van der Waals surface area contributed by atoms with Crippen molar-refractivity contribution < 1.29 is 9.13 Å². The van der Waals surface area contributed by atoms with Crippen LogP contribution in [0.3, 0.4) is 0 Å². The molecule has 1 fully saturated rings. The van der Waals surface area contributed by atoms with Crippen LogP contribution >= 0.6 is 0 Å². The van der Waals surface area contributed by atoms with Crippen LogP contribution in [0.15, 0.2) is 42.5 Å². The Bertz CT molecular complexity index is 958. The van der Waals surface area contributed by atoms with Crippen LogP contribution < -0.4 is 5.32 Å². The van der Waals surface area contributed by atoms with Gasteiger partial charge in [-0.2, -0.15) is 0 Å². The van der Waals surface area contributed by atoms with E-state index < -0.39 is 0 Å². The summed E-state index contributed by atoms with van der Waals surface area (Å²) in [5, 5.41) is 4.79. The maximum atomic E-state index is 14.2. The van der Waals surface area contributed by atoms with Gasteiger partial charge >= 0.3 is 29.6 Å². The fourth-order valence-corrected chi connectivity index (χ4v) is 3.47. The summed E-state index contributed by atoms with van der Waals surface area (Å²) in [7, 11) is 0. The quantitative estimate of drug-likeness (QED) is 0.653. The number of halogens is 1. The number of hydrogen-bond donors (Lipinski definition) is 1. The molecule has 1 aliphatic heterocycles. The molecular formula is C22H25FN3NaO. The van der Waals surface area contributed by atoms with Crippen molar-refractivity contribution in [2.75, 3.05) is 18.5 Å². The van der Waals surface area contributed by atoms with Crippen molar-refractivity contribution >= 4 is 46.3 Å². The molecule has 0 saturated carbocycles. The number of nitrogens with one attached hydrogen (secondary N) is 1. The molecule has 3 aromatic rings. The van der Waals surface area contributed by atoms with E-state index in [1.165, 1.54) is 6.07 Å². The number of aromatic nitrogens is 2. The van der Waals surface area contributed by atoms with Crippen molar-refractivity contribution in [3.8, 4) is 11.3 Å². The Hall–Kier alpha value is -1.53. The van der Waals surface area contributed by atoms with Gasteiger partial charge in [-0.3, -0.25) is 0 Å². The average molecular weight is 389 g/mol. The van der Waals surface area contributed by atoms with E-state index in [-0.39, 0.29) is 47.4 Å². The zero-order valence-electron chi connectivity index (χ0n) is 15.7. The van der Waals surface area contributed by atoms with Gasteiger partial charge in [-0.1, -0.05) is 38.1 Å². The van der Waals surface area contributed by atoms with Crippen LogP contribution in [0.25, 0.3) is 22.0 Å². The first-order chi connectivity index (χ1) is 13.1. The Balaban J connectivity index is 0.00000225. The summed E-state index contributed by atoms with van der Waals surface area (Å²) >= 11 is 0. The minimum atomic E-state index is -0.218. The summed E-state index contributed by atoms with van der Waals surface area (Å²) in [6, 6.07) is 12.8. The molecule has 142 valence electrons. The van der Waals surface area contributed by atoms with Crippen molar-refractivity contribution in [2.45, 2.75) is 38.7 Å². The molecule has 28 heavy (non-hydrogen) atoms. The molecule has 0 radical (unpaired) electrons. The van der Waals surface area contributed by atoms with E-state index in [4.69, 9.17) is 9.72 Å². The van der Waals surface area contributed by atoms with Gasteiger partial charge in [0.25, 0.3) is 0 Å². The van der Waals surface area contributed by atoms with Gasteiger partial charge in [-0.15, -0.1) is 0 Å². The van der Waals surface area contributed by atoms with Gasteiger partial charge in [-0.25, -0.2) is 14.4 Å². The van der Waals surface area contributed by atoms with E-state index in [1.54, 1.807) is 12.1 Å². The van der Waals surface area contributed by atoms with E-state index in [9.17, 15) is 4.39 Å². The van der Waals surface area contributed by atoms with Crippen LogP contribution in [0.4, 0.5) is 10.3 Å². The molecule has 1 saturated heterocycles. The van der Waals surface area contributed by atoms with Crippen LogP contribution in [0.2, 0.25) is 0 Å². The average Bonchev–Trinajstić information content (AvgIpc) is 3.20. The summed E-state index contributed by atoms with van der Waals surface area (Å²) in [6.45, 7) is 5.74. The zero-order chi connectivity index (χ0) is 18.8. The van der Waals surface area contributed by atoms with Crippen LogP contribution in [0.1, 0.15) is 38.3 Å². The third-order valence-electron chi connectivity index (χ3n) is 5.00. The number of rotatable bonds is 5. The van der Waals surface area contributed by atoms with Gasteiger partial charge in [0.1, 0.15) is 5.82 Å². The van der Waals surface area contributed by atoms with E-state index in [1.807, 2.05) is 24.3 Å². The SMILES string of the molecule is CC(C)c1cc(-c2ccc(F)c3ccccc23)nc(NCC2CCCO2)n1.[NaH]. The Morgan fingerprint density at radius 3 is 2.64 bits per heavy atom. The molecule has 0 aliphatic carbocycles. The topological polar surface area (TPSA) is 47.0 Å². The van der Waals surface area contributed by atoms with Crippen molar-refractivity contribution in [1.29, 1.82) is 0 Å². The van der Waals surface area contributed by atoms with E-state index in [0.29, 0.717) is 17.9 Å². The second kappa shape index (κ2) is 9.31. The summed E-state index contributed by atoms with van der Waals surface area (Å²) in [5.74, 6) is 0.645. The molecule has 0 amide bonds. The van der Waals surface area contributed by atoms with Crippen molar-refractivity contribution in [2.24, 2.45) is 0 Å². The number of benzene rings is 2. The summed E-state index contributed by atoms with van der Waals surface area (Å²) in [6.07, 6.45) is 2.38. The third kappa shape index (κ3) is 4.54. The molecule has 2 heterocycles. The summed E-state index contributed by atoms with van der Waals surface area (Å²) in [5.41, 5.74) is 2.68. The zero-order valence-corrected chi connectivity index (χ0v) is 15.7. The van der Waals surface area contributed by atoms with Crippen LogP contribution in [-0.2, 0) is 4.74 Å². The van der Waals surface area contributed by atoms with E-state index >= 15 is 0 Å². The summed E-state index contributed by atoms with van der Waals surface area (Å²) in [4.78, 5) is 9.39. The van der Waals surface area contributed by atoms with Gasteiger partial charge in [0.2, 0.25) is 5.95 Å². The predicted octanol–water partition coefficient (Wildman–Crippen LogP) is 4.50. The molecule has 1 aromatic heterocycles. The van der Waals surface area contributed by atoms with E-state index in [2.05, 4.69) is 24.1 Å². The molecule has 1 atom stereocenters. The molecular weight excluding hydrogens is 364 g/mol. The van der Waals surface area contributed by atoms with Gasteiger partial charge in [-0.05, 0) is 42.3 Å². The van der Waals surface area contributed by atoms with Crippen LogP contribution in [0, 0.1) is 5.82 Å². The first-order valence-electron chi connectivity index (χ1n) is 9.54. The monoisotopic (exact) mass is 389 g/mol. The predicted molar refractivity (Wildman–Crippen MR) is 114 cm³/mol. The fourth-order valence-electron chi connectivity index (χ4n) is 3.47. The minimum absolute atomic E-state index is 0. The number of hydrogen-bond acceptors (Lipinski definition) is 4. The Labute approximate surface area is 187 Å². The third-order valence-corrected chi connectivity index (χ3v) is 5.00. The van der Waals surface area contributed by atoms with Gasteiger partial charge in [0, 0.05) is 29.8 Å². The molecule has 1 aliphatic rings. The standard InChI is InChI=1S/C22H24FN3O.Na.H/c1-14(2)20-12-21(26-22(25-20)24-13-15-6-5-11-27-15)18-9-10-19(23)17-8-4-3-7-16(17)18;;/h3-4,7-10,12,14-15H,5-6,11,13H2,1-2H3,(H,24,25,26);;. The Morgan fingerprint density at radius 1 is 1.14 bits per heavy atom. The molecule has 1 N–H and O–H groups in total. The van der Waals surface area contributed by atoms with Crippen molar-refractivity contribution in [1.82, 2.24) is 9.97 Å². The molecule has 1 unspecified atom stereocenters. The van der Waals surface area contributed by atoms with Crippen molar-refractivity contribution in [3.05, 3.63) is 54.0 Å². The number of ether oxygens (including phenoxy) is 1. The molecule has 6 heteroatoms.